The minimum atomic E-state index is -0.0866. The van der Waals surface area contributed by atoms with Crippen molar-refractivity contribution < 1.29 is 0 Å². The Morgan fingerprint density at radius 1 is 1.12 bits per heavy atom. The van der Waals surface area contributed by atoms with Crippen LogP contribution in [0, 0.1) is 10.8 Å². The highest BCUT2D eigenvalue weighted by atomic mass is 15.0. The van der Waals surface area contributed by atoms with Crippen molar-refractivity contribution in [2.75, 3.05) is 0 Å². The summed E-state index contributed by atoms with van der Waals surface area (Å²) < 4.78 is 0. The van der Waals surface area contributed by atoms with Gasteiger partial charge in [0.25, 0.3) is 0 Å². The lowest BCUT2D eigenvalue weighted by molar-refractivity contribution is 1.08. The second-order valence-corrected chi connectivity index (χ2v) is 5.75. The molecule has 0 atom stereocenters. The van der Waals surface area contributed by atoms with E-state index in [0.717, 1.165) is 23.4 Å². The fourth-order valence-electron chi connectivity index (χ4n) is 2.61. The molecule has 6 nitrogen and oxygen atoms in total. The molecule has 25 heavy (non-hydrogen) atoms. The summed E-state index contributed by atoms with van der Waals surface area (Å²) in [5.41, 5.74) is 17.1. The molecule has 0 radical (unpaired) electrons. The molecule has 1 aliphatic rings. The molecule has 1 aliphatic carbocycles. The molecule has 1 rings (SSSR count). The van der Waals surface area contributed by atoms with Crippen molar-refractivity contribution in [3.8, 4) is 0 Å². The number of guanidine groups is 2. The van der Waals surface area contributed by atoms with Crippen molar-refractivity contribution in [3.05, 3.63) is 70.1 Å². The van der Waals surface area contributed by atoms with Crippen LogP contribution in [0.3, 0.4) is 0 Å². The summed E-state index contributed by atoms with van der Waals surface area (Å²) in [6.07, 6.45) is 12.7. The highest BCUT2D eigenvalue weighted by Crippen LogP contribution is 2.37. The number of nitrogens with two attached hydrogens (primary N) is 2. The van der Waals surface area contributed by atoms with Crippen LogP contribution < -0.4 is 22.1 Å². The van der Waals surface area contributed by atoms with Crippen molar-refractivity contribution in [2.45, 2.75) is 34.1 Å². The van der Waals surface area contributed by atoms with E-state index in [9.17, 15) is 0 Å². The van der Waals surface area contributed by atoms with E-state index in [0.29, 0.717) is 0 Å². The quantitative estimate of drug-likeness (QED) is 0.261. The van der Waals surface area contributed by atoms with Gasteiger partial charge < -0.3 is 22.1 Å². The zero-order valence-corrected chi connectivity index (χ0v) is 15.3. The second-order valence-electron chi connectivity index (χ2n) is 5.75. The Balaban J connectivity index is 3.23. The molecule has 0 bridgehead atoms. The van der Waals surface area contributed by atoms with E-state index < -0.39 is 0 Å². The van der Waals surface area contributed by atoms with Crippen LogP contribution in [-0.2, 0) is 0 Å². The maximum Gasteiger partial charge on any atom is 0.190 e. The predicted molar refractivity (Wildman–Crippen MR) is 106 cm³/mol. The number of hydrogen-bond donors (Lipinski definition) is 6. The molecule has 0 aromatic rings. The fourth-order valence-corrected chi connectivity index (χ4v) is 2.61. The summed E-state index contributed by atoms with van der Waals surface area (Å²) >= 11 is 0. The van der Waals surface area contributed by atoms with Crippen LogP contribution in [0.2, 0.25) is 0 Å². The summed E-state index contributed by atoms with van der Waals surface area (Å²) in [4.78, 5) is 0. The van der Waals surface area contributed by atoms with Gasteiger partial charge in [0.15, 0.2) is 11.9 Å². The Kier molecular flexibility index (Phi) is 7.46. The standard InChI is InChI=1S/C19H28N6/c1-5-7-16(25-19(22)23)11-15-10-14(6-2)17(13(15)4)9-8-12(3)24-18(20)21/h5-9,11H,10H2,1-4H3,(H4,20,21,24)(H4,22,23,25)/b7-5-,12-8+,14-6-,16-11+,17-9-. The lowest BCUT2D eigenvalue weighted by Gasteiger charge is -2.06. The topological polar surface area (TPSA) is 124 Å². The molecule has 0 aromatic carbocycles. The molecular formula is C19H28N6. The average molecular weight is 340 g/mol. The molecule has 8 N–H and O–H groups in total. The van der Waals surface area contributed by atoms with Crippen LogP contribution >= 0.6 is 0 Å². The van der Waals surface area contributed by atoms with Gasteiger partial charge >= 0.3 is 0 Å². The van der Waals surface area contributed by atoms with Crippen LogP contribution in [0.4, 0.5) is 0 Å². The lowest BCUT2D eigenvalue weighted by atomic mass is 10.0. The summed E-state index contributed by atoms with van der Waals surface area (Å²) in [7, 11) is 0. The first-order valence-electron chi connectivity index (χ1n) is 8.09. The minimum absolute atomic E-state index is 0.0768. The third kappa shape index (κ3) is 6.18. The van der Waals surface area contributed by atoms with Gasteiger partial charge in [-0.2, -0.15) is 0 Å². The van der Waals surface area contributed by atoms with Crippen LogP contribution in [0.25, 0.3) is 0 Å². The third-order valence-corrected chi connectivity index (χ3v) is 3.75. The number of hydrogen-bond acceptors (Lipinski definition) is 2. The summed E-state index contributed by atoms with van der Waals surface area (Å²) in [6.45, 7) is 7.89. The molecule has 134 valence electrons. The molecule has 6 heteroatoms. The van der Waals surface area contributed by atoms with Crippen molar-refractivity contribution in [1.29, 1.82) is 10.8 Å². The van der Waals surface area contributed by atoms with Gasteiger partial charge in [-0.15, -0.1) is 0 Å². The molecular weight excluding hydrogens is 312 g/mol. The van der Waals surface area contributed by atoms with Crippen LogP contribution in [0.15, 0.2) is 70.1 Å². The zero-order valence-electron chi connectivity index (χ0n) is 15.3. The SMILES string of the molecule is C/C=C\C(=C/C1=C(C)C(=C/C=C(\C)NC(=N)N)/C(=C\C)C1)NC(=N)N. The maximum absolute atomic E-state index is 7.42. The minimum Gasteiger partial charge on any atom is -0.370 e. The highest BCUT2D eigenvalue weighted by Gasteiger charge is 2.19. The van der Waals surface area contributed by atoms with Crippen molar-refractivity contribution in [3.63, 3.8) is 0 Å². The van der Waals surface area contributed by atoms with E-state index in [-0.39, 0.29) is 11.9 Å². The number of nitrogens with one attached hydrogen (secondary N) is 4. The number of allylic oxidation sites excluding steroid dienone is 11. The number of rotatable bonds is 5. The van der Waals surface area contributed by atoms with Gasteiger partial charge in [-0.3, -0.25) is 10.8 Å². The molecule has 0 fully saturated rings. The second kappa shape index (κ2) is 9.32. The Bertz CT molecular complexity index is 729. The highest BCUT2D eigenvalue weighted by molar-refractivity contribution is 5.77. The zero-order chi connectivity index (χ0) is 19.0. The fraction of sp³-hybridized carbons (Fsp3) is 0.263. The van der Waals surface area contributed by atoms with Crippen molar-refractivity contribution in [1.82, 2.24) is 10.6 Å². The van der Waals surface area contributed by atoms with Crippen LogP contribution in [0.5, 0.6) is 0 Å². The van der Waals surface area contributed by atoms with E-state index in [4.69, 9.17) is 22.3 Å². The van der Waals surface area contributed by atoms with E-state index in [1.54, 1.807) is 0 Å². The van der Waals surface area contributed by atoms with Gasteiger partial charge in [0, 0.05) is 11.4 Å². The Morgan fingerprint density at radius 2 is 1.76 bits per heavy atom. The van der Waals surface area contributed by atoms with Gasteiger partial charge in [-0.1, -0.05) is 18.2 Å². The molecule has 0 aliphatic heterocycles. The van der Waals surface area contributed by atoms with Gasteiger partial charge in [-0.25, -0.2) is 0 Å². The molecule has 0 aromatic heterocycles. The van der Waals surface area contributed by atoms with Crippen molar-refractivity contribution >= 4 is 11.9 Å². The normalized spacial score (nSPS) is 19.2. The molecule has 0 amide bonds. The summed E-state index contributed by atoms with van der Waals surface area (Å²) in [6, 6.07) is 0. The molecule has 0 unspecified atom stereocenters. The molecule has 0 spiro atoms. The van der Waals surface area contributed by atoms with Crippen molar-refractivity contribution in [2.24, 2.45) is 11.5 Å². The third-order valence-electron chi connectivity index (χ3n) is 3.75. The van der Waals surface area contributed by atoms with E-state index in [1.807, 2.05) is 51.2 Å². The molecule has 0 heterocycles. The van der Waals surface area contributed by atoms with Crippen LogP contribution in [0.1, 0.15) is 34.1 Å². The summed E-state index contributed by atoms with van der Waals surface area (Å²) in [5, 5.41) is 20.3. The Hall–Kier alpha value is -3.02. The average Bonchev–Trinajstić information content (AvgIpc) is 2.80. The van der Waals surface area contributed by atoms with Gasteiger partial charge in [-0.05, 0) is 74.6 Å². The first-order valence-corrected chi connectivity index (χ1v) is 8.09. The first-order chi connectivity index (χ1) is 11.8. The van der Waals surface area contributed by atoms with E-state index in [1.165, 1.54) is 16.7 Å². The maximum atomic E-state index is 7.42. The van der Waals surface area contributed by atoms with Gasteiger partial charge in [0.1, 0.15) is 0 Å². The first kappa shape index (κ1) is 20.0. The smallest absolute Gasteiger partial charge is 0.190 e. The Labute approximate surface area is 149 Å². The van der Waals surface area contributed by atoms with E-state index in [2.05, 4.69) is 23.6 Å². The van der Waals surface area contributed by atoms with Gasteiger partial charge in [0.05, 0.1) is 0 Å². The lowest BCUT2D eigenvalue weighted by Crippen LogP contribution is -2.28. The van der Waals surface area contributed by atoms with Crippen LogP contribution in [-0.4, -0.2) is 11.9 Å². The molecule has 0 saturated carbocycles. The Morgan fingerprint density at radius 3 is 2.28 bits per heavy atom. The molecule has 0 saturated heterocycles. The van der Waals surface area contributed by atoms with E-state index >= 15 is 0 Å². The van der Waals surface area contributed by atoms with Gasteiger partial charge in [0.2, 0.25) is 0 Å². The summed E-state index contributed by atoms with van der Waals surface area (Å²) in [5.74, 6) is -0.163. The predicted octanol–water partition coefficient (Wildman–Crippen LogP) is 2.91. The largest absolute Gasteiger partial charge is 0.370 e. The monoisotopic (exact) mass is 340 g/mol.